The van der Waals surface area contributed by atoms with Gasteiger partial charge in [0.1, 0.15) is 0 Å². The molecule has 1 N–H and O–H groups in total. The molecular weight excluding hydrogens is 125 g/mol. The summed E-state index contributed by atoms with van der Waals surface area (Å²) in [6, 6.07) is 3.82. The average molecular weight is 130 g/mol. The van der Waals surface area contributed by atoms with Crippen molar-refractivity contribution < 1.29 is 0 Å². The van der Waals surface area contributed by atoms with Gasteiger partial charge in [0.25, 0.3) is 0 Å². The van der Waals surface area contributed by atoms with Crippen LogP contribution in [0.3, 0.4) is 0 Å². The van der Waals surface area contributed by atoms with Crippen molar-refractivity contribution in [3.05, 3.63) is 24.7 Å². The number of nitrogens with one attached hydrogen (secondary N) is 1. The molecule has 0 saturated heterocycles. The SMILES string of the molecule is [B].c1cnc2nc[nH]c2c1. The van der Waals surface area contributed by atoms with Gasteiger partial charge in [-0.2, -0.15) is 0 Å². The third-order valence-corrected chi connectivity index (χ3v) is 1.19. The van der Waals surface area contributed by atoms with E-state index in [1.54, 1.807) is 12.5 Å². The molecule has 2 aromatic rings. The zero-order valence-electron chi connectivity index (χ0n) is 5.28. The Hall–Kier alpha value is -1.32. The van der Waals surface area contributed by atoms with Crippen LogP contribution in [0.4, 0.5) is 0 Å². The van der Waals surface area contributed by atoms with Gasteiger partial charge in [-0.15, -0.1) is 0 Å². The Kier molecular flexibility index (Phi) is 1.71. The summed E-state index contributed by atoms with van der Waals surface area (Å²) >= 11 is 0. The number of rotatable bonds is 0. The Labute approximate surface area is 60.1 Å². The normalized spacial score (nSPS) is 9.20. The molecule has 0 saturated carbocycles. The topological polar surface area (TPSA) is 41.6 Å². The summed E-state index contributed by atoms with van der Waals surface area (Å²) in [7, 11) is 0. The summed E-state index contributed by atoms with van der Waals surface area (Å²) in [6.45, 7) is 0. The van der Waals surface area contributed by atoms with Gasteiger partial charge in [-0.1, -0.05) is 0 Å². The maximum atomic E-state index is 4.00. The predicted molar refractivity (Wildman–Crippen MR) is 39.6 cm³/mol. The van der Waals surface area contributed by atoms with Gasteiger partial charge in [0.15, 0.2) is 5.65 Å². The molecule has 0 aliphatic carbocycles. The van der Waals surface area contributed by atoms with Crippen LogP contribution in [-0.2, 0) is 0 Å². The number of hydrogen-bond donors (Lipinski definition) is 1. The monoisotopic (exact) mass is 130 g/mol. The fraction of sp³-hybridized carbons (Fsp3) is 0. The van der Waals surface area contributed by atoms with Crippen LogP contribution in [-0.4, -0.2) is 23.4 Å². The fourth-order valence-corrected chi connectivity index (χ4v) is 0.775. The molecule has 2 aromatic heterocycles. The third-order valence-electron chi connectivity index (χ3n) is 1.19. The molecule has 0 fully saturated rings. The van der Waals surface area contributed by atoms with E-state index in [2.05, 4.69) is 15.0 Å². The summed E-state index contributed by atoms with van der Waals surface area (Å²) in [4.78, 5) is 10.9. The van der Waals surface area contributed by atoms with Crippen molar-refractivity contribution in [2.24, 2.45) is 0 Å². The highest BCUT2D eigenvalue weighted by atomic mass is 14.9. The summed E-state index contributed by atoms with van der Waals surface area (Å²) < 4.78 is 0. The van der Waals surface area contributed by atoms with Gasteiger partial charge >= 0.3 is 0 Å². The van der Waals surface area contributed by atoms with Gasteiger partial charge in [-0.3, -0.25) is 0 Å². The molecule has 4 heteroatoms. The summed E-state index contributed by atoms with van der Waals surface area (Å²) in [5.41, 5.74) is 1.76. The number of hydrogen-bond acceptors (Lipinski definition) is 2. The second-order valence-electron chi connectivity index (χ2n) is 1.78. The lowest BCUT2D eigenvalue weighted by atomic mass is 10.4. The molecule has 0 aliphatic rings. The van der Waals surface area contributed by atoms with Crippen molar-refractivity contribution in [2.75, 3.05) is 0 Å². The molecule has 3 radical (unpaired) electrons. The van der Waals surface area contributed by atoms with Crippen molar-refractivity contribution in [3.8, 4) is 0 Å². The van der Waals surface area contributed by atoms with Crippen LogP contribution in [0.2, 0.25) is 0 Å². The summed E-state index contributed by atoms with van der Waals surface area (Å²) in [5.74, 6) is 0. The van der Waals surface area contributed by atoms with Crippen LogP contribution in [0.15, 0.2) is 24.7 Å². The van der Waals surface area contributed by atoms with Gasteiger partial charge in [0.05, 0.1) is 11.8 Å². The Morgan fingerprint density at radius 2 is 2.20 bits per heavy atom. The second kappa shape index (κ2) is 2.52. The minimum Gasteiger partial charge on any atom is -0.343 e. The van der Waals surface area contributed by atoms with Gasteiger partial charge in [-0.25, -0.2) is 9.97 Å². The van der Waals surface area contributed by atoms with Gasteiger partial charge < -0.3 is 4.98 Å². The Morgan fingerprint density at radius 1 is 1.30 bits per heavy atom. The Balaban J connectivity index is 0.000000500. The first-order valence-electron chi connectivity index (χ1n) is 2.71. The molecule has 0 atom stereocenters. The molecule has 3 nitrogen and oxygen atoms in total. The van der Waals surface area contributed by atoms with Crippen molar-refractivity contribution >= 4 is 19.6 Å². The standard InChI is InChI=1S/C6H5N3.B/c1-2-5-6(7-3-1)9-4-8-5;/h1-4H,(H,7,8,9);. The van der Waals surface area contributed by atoms with Crippen LogP contribution in [0, 0.1) is 0 Å². The van der Waals surface area contributed by atoms with Gasteiger partial charge in [0.2, 0.25) is 0 Å². The third kappa shape index (κ3) is 0.878. The van der Waals surface area contributed by atoms with Crippen LogP contribution in [0.25, 0.3) is 11.2 Å². The first-order chi connectivity index (χ1) is 4.47. The molecule has 0 bridgehead atoms. The van der Waals surface area contributed by atoms with Crippen molar-refractivity contribution in [1.82, 2.24) is 15.0 Å². The van der Waals surface area contributed by atoms with E-state index in [1.807, 2.05) is 12.1 Å². The maximum Gasteiger partial charge on any atom is 0.177 e. The smallest absolute Gasteiger partial charge is 0.177 e. The number of pyridine rings is 1. The molecule has 0 aliphatic heterocycles. The van der Waals surface area contributed by atoms with Crippen molar-refractivity contribution in [1.29, 1.82) is 0 Å². The van der Waals surface area contributed by atoms with Crippen LogP contribution >= 0.6 is 0 Å². The zero-order chi connectivity index (χ0) is 6.10. The number of aromatic amines is 1. The predicted octanol–water partition coefficient (Wildman–Crippen LogP) is 0.577. The van der Waals surface area contributed by atoms with E-state index < -0.39 is 0 Å². The van der Waals surface area contributed by atoms with E-state index in [1.165, 1.54) is 0 Å². The molecule has 2 heterocycles. The van der Waals surface area contributed by atoms with E-state index >= 15 is 0 Å². The van der Waals surface area contributed by atoms with E-state index in [4.69, 9.17) is 0 Å². The Bertz CT molecular complexity index is 287. The highest BCUT2D eigenvalue weighted by Gasteiger charge is 1.90. The Morgan fingerprint density at radius 3 is 3.00 bits per heavy atom. The fourth-order valence-electron chi connectivity index (χ4n) is 0.775. The van der Waals surface area contributed by atoms with E-state index in [0.29, 0.717) is 0 Å². The maximum absolute atomic E-state index is 4.00. The number of H-pyrrole nitrogens is 1. The minimum atomic E-state index is 0. The highest BCUT2D eigenvalue weighted by Crippen LogP contribution is 2.01. The van der Waals surface area contributed by atoms with Crippen LogP contribution in [0.1, 0.15) is 0 Å². The zero-order valence-corrected chi connectivity index (χ0v) is 5.28. The average Bonchev–Trinajstić information content (AvgIpc) is 2.33. The van der Waals surface area contributed by atoms with Gasteiger partial charge in [0, 0.05) is 14.6 Å². The number of fused-ring (bicyclic) bond motifs is 1. The molecule has 0 unspecified atom stereocenters. The minimum absolute atomic E-state index is 0. The molecule has 0 aromatic carbocycles. The lowest BCUT2D eigenvalue weighted by molar-refractivity contribution is 1.30. The van der Waals surface area contributed by atoms with Crippen LogP contribution < -0.4 is 0 Å². The molecular formula is C6H5BN3. The molecule has 2 rings (SSSR count). The van der Waals surface area contributed by atoms with Gasteiger partial charge in [-0.05, 0) is 12.1 Å². The van der Waals surface area contributed by atoms with Crippen molar-refractivity contribution in [2.45, 2.75) is 0 Å². The highest BCUT2D eigenvalue weighted by molar-refractivity contribution is 5.75. The largest absolute Gasteiger partial charge is 0.343 e. The molecule has 0 amide bonds. The lowest BCUT2D eigenvalue weighted by Gasteiger charge is -1.80. The number of aromatic nitrogens is 3. The molecule has 10 heavy (non-hydrogen) atoms. The second-order valence-corrected chi connectivity index (χ2v) is 1.78. The summed E-state index contributed by atoms with van der Waals surface area (Å²) in [5, 5.41) is 0. The molecule has 0 spiro atoms. The van der Waals surface area contributed by atoms with Crippen LogP contribution in [0.5, 0.6) is 0 Å². The summed E-state index contributed by atoms with van der Waals surface area (Å²) in [6.07, 6.45) is 3.36. The van der Waals surface area contributed by atoms with Crippen molar-refractivity contribution in [3.63, 3.8) is 0 Å². The quantitative estimate of drug-likeness (QED) is 0.529. The van der Waals surface area contributed by atoms with E-state index in [-0.39, 0.29) is 8.41 Å². The number of nitrogens with zero attached hydrogens (tertiary/aromatic N) is 2. The lowest BCUT2D eigenvalue weighted by Crippen LogP contribution is -1.71. The first kappa shape index (κ1) is 6.80. The van der Waals surface area contributed by atoms with E-state index in [9.17, 15) is 0 Å². The molecule has 47 valence electrons. The number of imidazole rings is 1. The van der Waals surface area contributed by atoms with E-state index in [0.717, 1.165) is 11.2 Å². The first-order valence-corrected chi connectivity index (χ1v) is 2.71.